The van der Waals surface area contributed by atoms with E-state index in [1.807, 2.05) is 19.1 Å². The largest absolute Gasteiger partial charge is 0.456 e. The molecule has 0 aliphatic carbocycles. The number of aryl methyl sites for hydroxylation is 1. The molecule has 19 heavy (non-hydrogen) atoms. The molecule has 0 radical (unpaired) electrons. The molecule has 0 amide bonds. The smallest absolute Gasteiger partial charge is 0.433 e. The number of hydrogen-bond donors (Lipinski definition) is 0. The molecule has 0 fully saturated rings. The Labute approximate surface area is 108 Å². The van der Waals surface area contributed by atoms with Crippen LogP contribution in [0.15, 0.2) is 42.6 Å². The maximum absolute atomic E-state index is 12.3. The van der Waals surface area contributed by atoms with E-state index >= 15 is 0 Å². The van der Waals surface area contributed by atoms with Crippen molar-refractivity contribution in [3.8, 4) is 11.5 Å². The molecule has 2 nitrogen and oxygen atoms in total. The minimum Gasteiger partial charge on any atom is -0.456 e. The van der Waals surface area contributed by atoms with E-state index in [4.69, 9.17) is 4.74 Å². The first-order chi connectivity index (χ1) is 8.99. The fraction of sp³-hybridized carbons (Fsp3) is 0.214. The molecule has 1 heterocycles. The van der Waals surface area contributed by atoms with Gasteiger partial charge in [0.05, 0.1) is 6.20 Å². The number of hydrogen-bond acceptors (Lipinski definition) is 2. The number of aromatic nitrogens is 1. The lowest BCUT2D eigenvalue weighted by atomic mass is 10.2. The molecule has 0 atom stereocenters. The number of ether oxygens (including phenoxy) is 1. The Morgan fingerprint density at radius 3 is 2.11 bits per heavy atom. The molecule has 0 saturated carbocycles. The van der Waals surface area contributed by atoms with E-state index < -0.39 is 11.9 Å². The second kappa shape index (κ2) is 5.30. The van der Waals surface area contributed by atoms with Gasteiger partial charge in [-0.05, 0) is 36.2 Å². The molecule has 0 bridgehead atoms. The van der Waals surface area contributed by atoms with Crippen LogP contribution in [0.4, 0.5) is 13.2 Å². The molecule has 100 valence electrons. The van der Waals surface area contributed by atoms with E-state index in [1.165, 1.54) is 6.07 Å². The highest BCUT2D eigenvalue weighted by atomic mass is 19.4. The summed E-state index contributed by atoms with van der Waals surface area (Å²) in [5.41, 5.74) is 0.235. The van der Waals surface area contributed by atoms with Crippen molar-refractivity contribution < 1.29 is 17.9 Å². The monoisotopic (exact) mass is 267 g/mol. The summed E-state index contributed by atoms with van der Waals surface area (Å²) < 4.78 is 42.4. The van der Waals surface area contributed by atoms with Gasteiger partial charge in [-0.3, -0.25) is 0 Å². The number of rotatable bonds is 3. The van der Waals surface area contributed by atoms with Crippen molar-refractivity contribution in [3.05, 3.63) is 53.9 Å². The highest BCUT2D eigenvalue weighted by Gasteiger charge is 2.32. The highest BCUT2D eigenvalue weighted by Crippen LogP contribution is 2.29. The third-order valence-corrected chi connectivity index (χ3v) is 2.59. The molecule has 2 aromatic rings. The lowest BCUT2D eigenvalue weighted by Crippen LogP contribution is -2.07. The van der Waals surface area contributed by atoms with Crippen LogP contribution in [0.25, 0.3) is 0 Å². The Kier molecular flexibility index (Phi) is 3.74. The number of benzene rings is 1. The second-order valence-corrected chi connectivity index (χ2v) is 3.98. The average molecular weight is 267 g/mol. The van der Waals surface area contributed by atoms with Crippen LogP contribution in [0.2, 0.25) is 0 Å². The maximum Gasteiger partial charge on any atom is 0.433 e. The van der Waals surface area contributed by atoms with Gasteiger partial charge in [-0.15, -0.1) is 0 Å². The van der Waals surface area contributed by atoms with E-state index in [2.05, 4.69) is 4.98 Å². The first-order valence-corrected chi connectivity index (χ1v) is 5.79. The van der Waals surface area contributed by atoms with Crippen LogP contribution in [0.3, 0.4) is 0 Å². The summed E-state index contributed by atoms with van der Waals surface area (Å²) in [6.07, 6.45) is -2.44. The highest BCUT2D eigenvalue weighted by molar-refractivity contribution is 5.32. The molecular formula is C14H12F3NO. The third kappa shape index (κ3) is 3.47. The van der Waals surface area contributed by atoms with Crippen LogP contribution in [0.1, 0.15) is 18.2 Å². The van der Waals surface area contributed by atoms with Gasteiger partial charge < -0.3 is 4.74 Å². The van der Waals surface area contributed by atoms with Gasteiger partial charge in [0, 0.05) is 0 Å². The summed E-state index contributed by atoms with van der Waals surface area (Å²) in [6, 6.07) is 9.52. The predicted molar refractivity (Wildman–Crippen MR) is 65.1 cm³/mol. The Hall–Kier alpha value is -2.04. The summed E-state index contributed by atoms with van der Waals surface area (Å²) in [5, 5.41) is 0. The van der Waals surface area contributed by atoms with Crippen molar-refractivity contribution in [2.24, 2.45) is 0 Å². The summed E-state index contributed by atoms with van der Waals surface area (Å²) in [5.74, 6) is 0.844. The van der Waals surface area contributed by atoms with Crippen molar-refractivity contribution in [1.82, 2.24) is 4.98 Å². The topological polar surface area (TPSA) is 22.1 Å². The van der Waals surface area contributed by atoms with Crippen molar-refractivity contribution in [2.45, 2.75) is 19.5 Å². The van der Waals surface area contributed by atoms with Gasteiger partial charge in [-0.2, -0.15) is 13.2 Å². The zero-order chi connectivity index (χ0) is 13.9. The normalized spacial score (nSPS) is 11.4. The third-order valence-electron chi connectivity index (χ3n) is 2.59. The molecule has 0 aliphatic rings. The molecule has 0 spiro atoms. The van der Waals surface area contributed by atoms with Gasteiger partial charge in [-0.1, -0.05) is 19.1 Å². The summed E-state index contributed by atoms with van der Waals surface area (Å²) in [6.45, 7) is 2.04. The Morgan fingerprint density at radius 1 is 1.00 bits per heavy atom. The van der Waals surface area contributed by atoms with Crippen LogP contribution in [0.5, 0.6) is 11.5 Å². The molecule has 0 N–H and O–H groups in total. The number of pyridine rings is 1. The zero-order valence-corrected chi connectivity index (χ0v) is 10.2. The van der Waals surface area contributed by atoms with E-state index in [0.29, 0.717) is 5.75 Å². The Morgan fingerprint density at radius 2 is 1.63 bits per heavy atom. The van der Waals surface area contributed by atoms with Gasteiger partial charge >= 0.3 is 6.18 Å². The van der Waals surface area contributed by atoms with E-state index in [0.717, 1.165) is 24.2 Å². The number of alkyl halides is 3. The fourth-order valence-corrected chi connectivity index (χ4v) is 1.54. The summed E-state index contributed by atoms with van der Waals surface area (Å²) in [7, 11) is 0. The van der Waals surface area contributed by atoms with Crippen LogP contribution < -0.4 is 4.74 Å². The number of nitrogens with zero attached hydrogens (tertiary/aromatic N) is 1. The maximum atomic E-state index is 12.3. The Balaban J connectivity index is 2.10. The molecule has 1 aromatic heterocycles. The minimum atomic E-state index is -4.43. The van der Waals surface area contributed by atoms with Crippen LogP contribution >= 0.6 is 0 Å². The Bertz CT molecular complexity index is 532. The summed E-state index contributed by atoms with van der Waals surface area (Å²) >= 11 is 0. The van der Waals surface area contributed by atoms with E-state index in [1.54, 1.807) is 12.1 Å². The van der Waals surface area contributed by atoms with Crippen LogP contribution in [-0.2, 0) is 12.6 Å². The molecule has 2 rings (SSSR count). The molecule has 1 aromatic carbocycles. The van der Waals surface area contributed by atoms with E-state index in [9.17, 15) is 13.2 Å². The zero-order valence-electron chi connectivity index (χ0n) is 10.2. The summed E-state index contributed by atoms with van der Waals surface area (Å²) in [4.78, 5) is 3.33. The SMILES string of the molecule is CCc1ccc(Oc2ccc(C(F)(F)F)nc2)cc1. The van der Waals surface area contributed by atoms with Crippen LogP contribution in [0, 0.1) is 0 Å². The second-order valence-electron chi connectivity index (χ2n) is 3.98. The standard InChI is InChI=1S/C14H12F3NO/c1-2-10-3-5-11(6-4-10)19-12-7-8-13(18-9-12)14(15,16)17/h3-9H,2H2,1H3. The van der Waals surface area contributed by atoms with Crippen molar-refractivity contribution >= 4 is 0 Å². The van der Waals surface area contributed by atoms with Gasteiger partial charge in [-0.25, -0.2) is 4.98 Å². The molecule has 5 heteroatoms. The first kappa shape index (κ1) is 13.4. The quantitative estimate of drug-likeness (QED) is 0.819. The average Bonchev–Trinajstić information content (AvgIpc) is 2.39. The van der Waals surface area contributed by atoms with Crippen molar-refractivity contribution in [2.75, 3.05) is 0 Å². The minimum absolute atomic E-state index is 0.275. The first-order valence-electron chi connectivity index (χ1n) is 5.79. The number of halogens is 3. The van der Waals surface area contributed by atoms with Gasteiger partial charge in [0.25, 0.3) is 0 Å². The van der Waals surface area contributed by atoms with Crippen LogP contribution in [-0.4, -0.2) is 4.98 Å². The van der Waals surface area contributed by atoms with Crippen molar-refractivity contribution in [1.29, 1.82) is 0 Å². The molecule has 0 aliphatic heterocycles. The predicted octanol–water partition coefficient (Wildman–Crippen LogP) is 4.46. The lowest BCUT2D eigenvalue weighted by molar-refractivity contribution is -0.141. The van der Waals surface area contributed by atoms with Gasteiger partial charge in [0.15, 0.2) is 0 Å². The fourth-order valence-electron chi connectivity index (χ4n) is 1.54. The molecular weight excluding hydrogens is 255 g/mol. The van der Waals surface area contributed by atoms with Crippen molar-refractivity contribution in [3.63, 3.8) is 0 Å². The lowest BCUT2D eigenvalue weighted by Gasteiger charge is -2.08. The van der Waals surface area contributed by atoms with Gasteiger partial charge in [0.1, 0.15) is 17.2 Å². The van der Waals surface area contributed by atoms with E-state index in [-0.39, 0.29) is 5.75 Å². The van der Waals surface area contributed by atoms with Gasteiger partial charge in [0.2, 0.25) is 0 Å². The molecule has 0 saturated heterocycles. The molecule has 0 unspecified atom stereocenters.